The van der Waals surface area contributed by atoms with Crippen LogP contribution >= 0.6 is 35.3 Å². The highest BCUT2D eigenvalue weighted by Gasteiger charge is 2.20. The molecule has 1 aliphatic heterocycles. The highest BCUT2D eigenvalue weighted by Crippen LogP contribution is 2.25. The van der Waals surface area contributed by atoms with Crippen molar-refractivity contribution in [1.82, 2.24) is 15.6 Å². The van der Waals surface area contributed by atoms with Gasteiger partial charge in [0.1, 0.15) is 5.82 Å². The number of rotatable bonds is 6. The molecule has 0 spiro atoms. The van der Waals surface area contributed by atoms with E-state index in [9.17, 15) is 0 Å². The summed E-state index contributed by atoms with van der Waals surface area (Å²) in [4.78, 5) is 14.2. The van der Waals surface area contributed by atoms with Gasteiger partial charge in [0.05, 0.1) is 17.1 Å². The number of guanidine groups is 1. The first-order chi connectivity index (χ1) is 15.1. The Kier molecular flexibility index (Phi) is 8.98. The number of benzene rings is 1. The van der Waals surface area contributed by atoms with Crippen molar-refractivity contribution < 1.29 is 0 Å². The molecule has 2 N–H and O–H groups in total. The third-order valence-corrected chi connectivity index (χ3v) is 6.58. The van der Waals surface area contributed by atoms with Crippen LogP contribution in [0.1, 0.15) is 25.3 Å². The molecule has 3 heterocycles. The largest absolute Gasteiger partial charge is 0.363 e. The van der Waals surface area contributed by atoms with E-state index in [-0.39, 0.29) is 24.0 Å². The van der Waals surface area contributed by atoms with Gasteiger partial charge in [0, 0.05) is 45.2 Å². The summed E-state index contributed by atoms with van der Waals surface area (Å²) >= 11 is 1.82. The number of para-hydroxylation sites is 1. The van der Waals surface area contributed by atoms with E-state index in [1.807, 2.05) is 36.4 Å². The lowest BCUT2D eigenvalue weighted by atomic mass is 10.1. The van der Waals surface area contributed by atoms with Crippen LogP contribution in [0.5, 0.6) is 0 Å². The zero-order chi connectivity index (χ0) is 21.6. The van der Waals surface area contributed by atoms with Crippen LogP contribution in [-0.4, -0.2) is 50.7 Å². The summed E-state index contributed by atoms with van der Waals surface area (Å²) in [6.07, 6.45) is 2.23. The Balaban J connectivity index is 0.00000289. The fraction of sp³-hybridized carbons (Fsp3) is 0.417. The average molecular weight is 565 g/mol. The third-order valence-electron chi connectivity index (χ3n) is 5.65. The number of nitrogens with zero attached hydrogens (tertiary/aromatic N) is 4. The number of hydrogen-bond acceptors (Lipinski definition) is 5. The van der Waals surface area contributed by atoms with Crippen LogP contribution in [0.2, 0.25) is 0 Å². The Bertz CT molecular complexity index is 1010. The SMILES string of the molecule is CCNC(=NCc1cc(N(C)C)nc2ccccc12)NC1CCN(c2cccs2)CC1.I. The zero-order valence-electron chi connectivity index (χ0n) is 19.0. The van der Waals surface area contributed by atoms with Crippen LogP contribution in [0.3, 0.4) is 0 Å². The Hall–Kier alpha value is -2.07. The molecular formula is C24H33IN6S. The molecule has 2 aromatic heterocycles. The van der Waals surface area contributed by atoms with E-state index < -0.39 is 0 Å². The lowest BCUT2D eigenvalue weighted by molar-refractivity contribution is 0.463. The number of anilines is 2. The topological polar surface area (TPSA) is 55.8 Å². The molecule has 32 heavy (non-hydrogen) atoms. The first kappa shape index (κ1) is 24.6. The molecule has 1 aromatic carbocycles. The van der Waals surface area contributed by atoms with E-state index in [2.05, 4.69) is 64.2 Å². The number of nitrogens with one attached hydrogen (secondary N) is 2. The van der Waals surface area contributed by atoms with E-state index in [0.29, 0.717) is 12.6 Å². The molecule has 172 valence electrons. The minimum Gasteiger partial charge on any atom is -0.363 e. The van der Waals surface area contributed by atoms with Gasteiger partial charge in [-0.15, -0.1) is 35.3 Å². The average Bonchev–Trinajstić information content (AvgIpc) is 3.32. The van der Waals surface area contributed by atoms with Gasteiger partial charge in [-0.2, -0.15) is 0 Å². The lowest BCUT2D eigenvalue weighted by Crippen LogP contribution is -2.48. The second-order valence-corrected chi connectivity index (χ2v) is 9.03. The quantitative estimate of drug-likeness (QED) is 0.258. The predicted molar refractivity (Wildman–Crippen MR) is 149 cm³/mol. The van der Waals surface area contributed by atoms with E-state index in [0.717, 1.165) is 55.2 Å². The van der Waals surface area contributed by atoms with Crippen molar-refractivity contribution in [2.24, 2.45) is 4.99 Å². The van der Waals surface area contributed by atoms with Crippen LogP contribution in [0.4, 0.5) is 10.8 Å². The number of aliphatic imine (C=N–C) groups is 1. The normalized spacial score (nSPS) is 14.8. The maximum absolute atomic E-state index is 4.93. The summed E-state index contributed by atoms with van der Waals surface area (Å²) in [5, 5.41) is 11.8. The molecule has 0 saturated carbocycles. The van der Waals surface area contributed by atoms with Crippen molar-refractivity contribution in [3.8, 4) is 0 Å². The van der Waals surface area contributed by atoms with Crippen LogP contribution < -0.4 is 20.4 Å². The second kappa shape index (κ2) is 11.7. The maximum Gasteiger partial charge on any atom is 0.191 e. The van der Waals surface area contributed by atoms with Crippen molar-refractivity contribution in [3.05, 3.63) is 53.4 Å². The molecule has 4 rings (SSSR count). The summed E-state index contributed by atoms with van der Waals surface area (Å²) in [7, 11) is 4.05. The monoisotopic (exact) mass is 564 g/mol. The second-order valence-electron chi connectivity index (χ2n) is 8.10. The minimum absolute atomic E-state index is 0. The van der Waals surface area contributed by atoms with Crippen molar-refractivity contribution in [2.45, 2.75) is 32.4 Å². The molecule has 0 atom stereocenters. The van der Waals surface area contributed by atoms with Crippen molar-refractivity contribution in [3.63, 3.8) is 0 Å². The third kappa shape index (κ3) is 6.04. The molecule has 0 radical (unpaired) electrons. The summed E-state index contributed by atoms with van der Waals surface area (Å²) in [5.41, 5.74) is 2.21. The first-order valence-electron chi connectivity index (χ1n) is 11.0. The van der Waals surface area contributed by atoms with Gasteiger partial charge in [-0.3, -0.25) is 0 Å². The molecule has 1 fully saturated rings. The maximum atomic E-state index is 4.93. The van der Waals surface area contributed by atoms with E-state index in [4.69, 9.17) is 9.98 Å². The minimum atomic E-state index is 0. The molecule has 8 heteroatoms. The summed E-state index contributed by atoms with van der Waals surface area (Å²) < 4.78 is 0. The molecule has 3 aromatic rings. The van der Waals surface area contributed by atoms with Crippen LogP contribution in [0.25, 0.3) is 10.9 Å². The number of hydrogen-bond donors (Lipinski definition) is 2. The number of piperidine rings is 1. The van der Waals surface area contributed by atoms with E-state index in [1.165, 1.54) is 10.6 Å². The van der Waals surface area contributed by atoms with Crippen LogP contribution in [-0.2, 0) is 6.54 Å². The van der Waals surface area contributed by atoms with Gasteiger partial charge in [0.2, 0.25) is 0 Å². The van der Waals surface area contributed by atoms with Gasteiger partial charge in [0.15, 0.2) is 5.96 Å². The van der Waals surface area contributed by atoms with E-state index >= 15 is 0 Å². The lowest BCUT2D eigenvalue weighted by Gasteiger charge is -2.33. The first-order valence-corrected chi connectivity index (χ1v) is 11.9. The van der Waals surface area contributed by atoms with Crippen molar-refractivity contribution in [1.29, 1.82) is 0 Å². The molecule has 0 unspecified atom stereocenters. The Morgan fingerprint density at radius 2 is 1.97 bits per heavy atom. The standard InChI is InChI=1S/C24H32N6S.HI/c1-4-25-24(27-19-11-13-30(14-12-19)23-10-7-15-31-23)26-17-18-16-22(29(2)3)28-21-9-6-5-8-20(18)21;/h5-10,15-16,19H,4,11-14,17H2,1-3H3,(H2,25,26,27);1H. The number of thiophene rings is 1. The fourth-order valence-electron chi connectivity index (χ4n) is 3.96. The van der Waals surface area contributed by atoms with Gasteiger partial charge < -0.3 is 20.4 Å². The van der Waals surface area contributed by atoms with Gasteiger partial charge in [-0.25, -0.2) is 9.98 Å². The number of aromatic nitrogens is 1. The van der Waals surface area contributed by atoms with Crippen molar-refractivity contribution in [2.75, 3.05) is 43.5 Å². The summed E-state index contributed by atoms with van der Waals surface area (Å²) in [6.45, 7) is 5.74. The van der Waals surface area contributed by atoms with Gasteiger partial charge in [-0.1, -0.05) is 18.2 Å². The fourth-order valence-corrected chi connectivity index (χ4v) is 4.75. The Morgan fingerprint density at radius 3 is 2.66 bits per heavy atom. The number of fused-ring (bicyclic) bond motifs is 1. The number of pyridine rings is 1. The molecule has 6 nitrogen and oxygen atoms in total. The zero-order valence-corrected chi connectivity index (χ0v) is 22.2. The summed E-state index contributed by atoms with van der Waals surface area (Å²) in [5.74, 6) is 1.85. The summed E-state index contributed by atoms with van der Waals surface area (Å²) in [6, 6.07) is 15.2. The van der Waals surface area contributed by atoms with Crippen LogP contribution in [0.15, 0.2) is 52.8 Å². The highest BCUT2D eigenvalue weighted by molar-refractivity contribution is 14.0. The molecule has 0 bridgehead atoms. The van der Waals surface area contributed by atoms with Gasteiger partial charge in [-0.05, 0) is 55.0 Å². The van der Waals surface area contributed by atoms with Crippen LogP contribution in [0, 0.1) is 0 Å². The molecule has 1 aliphatic rings. The van der Waals surface area contributed by atoms with Crippen molar-refractivity contribution >= 4 is 63.0 Å². The Labute approximate surface area is 212 Å². The predicted octanol–water partition coefficient (Wildman–Crippen LogP) is 4.70. The molecular weight excluding hydrogens is 531 g/mol. The number of halogens is 1. The molecule has 0 aliphatic carbocycles. The van der Waals surface area contributed by atoms with Gasteiger partial charge >= 0.3 is 0 Å². The highest BCUT2D eigenvalue weighted by atomic mass is 127. The molecule has 0 amide bonds. The van der Waals surface area contributed by atoms with Gasteiger partial charge in [0.25, 0.3) is 0 Å². The van der Waals surface area contributed by atoms with E-state index in [1.54, 1.807) is 0 Å². The smallest absolute Gasteiger partial charge is 0.191 e. The molecule has 1 saturated heterocycles. The Morgan fingerprint density at radius 1 is 1.19 bits per heavy atom.